The Kier molecular flexibility index (Phi) is 8.56. The number of hydrogen-bond acceptors (Lipinski definition) is 2. The van der Waals surface area contributed by atoms with Gasteiger partial charge in [-0.05, 0) is 123 Å². The van der Waals surface area contributed by atoms with Crippen LogP contribution in [0.4, 0.5) is 34.1 Å². The van der Waals surface area contributed by atoms with Crippen molar-refractivity contribution in [2.24, 2.45) is 0 Å². The van der Waals surface area contributed by atoms with Gasteiger partial charge in [0, 0.05) is 61.4 Å². The van der Waals surface area contributed by atoms with E-state index in [-0.39, 0.29) is 5.41 Å². The number of hydrogen-bond donors (Lipinski definition) is 0. The molecule has 10 aromatic carbocycles. The number of para-hydroxylation sites is 3. The van der Waals surface area contributed by atoms with Crippen molar-refractivity contribution < 1.29 is 0 Å². The standard InChI is InChI=1S/C63H45N3/c1-63(2)56-30-15-27-53-55-29-14-28-54-52-38-35-45(40-59(52)66(62(54)55)58-32-16-31-57(63)61(58)60(53)56)43-33-36-48(37-34-43)64(46-20-8-4-9-21-46)50-25-13-26-51(41-50)65(47-22-10-5-11-23-47)49-24-12-19-44(39-49)42-17-6-3-7-18-42/h3-41H,1-2H3. The first kappa shape index (κ1) is 38.1. The Balaban J connectivity index is 0.919. The van der Waals surface area contributed by atoms with Gasteiger partial charge in [-0.15, -0.1) is 0 Å². The molecule has 11 aromatic rings. The Morgan fingerprint density at radius 3 is 1.53 bits per heavy atom. The van der Waals surface area contributed by atoms with Crippen LogP contribution in [0.1, 0.15) is 25.0 Å². The van der Waals surface area contributed by atoms with Gasteiger partial charge in [0.05, 0.1) is 16.7 Å². The van der Waals surface area contributed by atoms with Gasteiger partial charge < -0.3 is 14.4 Å². The normalized spacial score (nSPS) is 12.8. The minimum absolute atomic E-state index is 0.0807. The second-order valence-electron chi connectivity index (χ2n) is 18.1. The Morgan fingerprint density at radius 2 is 0.818 bits per heavy atom. The van der Waals surface area contributed by atoms with Crippen molar-refractivity contribution in [2.75, 3.05) is 9.80 Å². The van der Waals surface area contributed by atoms with Gasteiger partial charge in [-0.1, -0.05) is 172 Å². The molecular weight excluding hydrogens is 799 g/mol. The van der Waals surface area contributed by atoms with E-state index in [4.69, 9.17) is 0 Å². The summed E-state index contributed by atoms with van der Waals surface area (Å²) in [5.41, 5.74) is 23.1. The van der Waals surface area contributed by atoms with Gasteiger partial charge in [0.15, 0.2) is 0 Å². The summed E-state index contributed by atoms with van der Waals surface area (Å²) in [5.74, 6) is 0. The number of anilines is 6. The molecule has 3 heteroatoms. The zero-order chi connectivity index (χ0) is 43.9. The first-order valence-corrected chi connectivity index (χ1v) is 22.9. The number of rotatable bonds is 8. The van der Waals surface area contributed by atoms with Gasteiger partial charge in [-0.2, -0.15) is 0 Å². The molecule has 312 valence electrons. The summed E-state index contributed by atoms with van der Waals surface area (Å²) in [5, 5.41) is 2.56. The highest BCUT2D eigenvalue weighted by molar-refractivity contribution is 6.18. The Morgan fingerprint density at radius 1 is 0.333 bits per heavy atom. The van der Waals surface area contributed by atoms with E-state index < -0.39 is 0 Å². The van der Waals surface area contributed by atoms with Gasteiger partial charge in [-0.25, -0.2) is 0 Å². The van der Waals surface area contributed by atoms with Gasteiger partial charge >= 0.3 is 0 Å². The molecule has 0 radical (unpaired) electrons. The van der Waals surface area contributed by atoms with Crippen LogP contribution in [0.25, 0.3) is 72.0 Å². The van der Waals surface area contributed by atoms with Crippen molar-refractivity contribution in [3.05, 3.63) is 248 Å². The zero-order valence-electron chi connectivity index (χ0n) is 36.9. The molecule has 0 atom stereocenters. The fourth-order valence-electron chi connectivity index (χ4n) is 11.0. The molecular formula is C63H45N3. The van der Waals surface area contributed by atoms with Crippen LogP contribution in [0.5, 0.6) is 0 Å². The summed E-state index contributed by atoms with van der Waals surface area (Å²) in [4.78, 5) is 4.71. The lowest BCUT2D eigenvalue weighted by Crippen LogP contribution is -2.15. The second kappa shape index (κ2) is 14.8. The lowest BCUT2D eigenvalue weighted by atomic mass is 9.82. The van der Waals surface area contributed by atoms with Crippen LogP contribution in [-0.4, -0.2) is 4.57 Å². The average Bonchev–Trinajstić information content (AvgIpc) is 3.78. The zero-order valence-corrected chi connectivity index (χ0v) is 36.9. The van der Waals surface area contributed by atoms with E-state index in [1.807, 2.05) is 0 Å². The monoisotopic (exact) mass is 843 g/mol. The van der Waals surface area contributed by atoms with Crippen molar-refractivity contribution in [3.8, 4) is 50.2 Å². The first-order chi connectivity index (χ1) is 32.5. The Labute approximate surface area is 385 Å². The van der Waals surface area contributed by atoms with E-state index in [0.29, 0.717) is 0 Å². The number of nitrogens with zero attached hydrogens (tertiary/aromatic N) is 3. The Hall–Kier alpha value is -8.40. The lowest BCUT2D eigenvalue weighted by molar-refractivity contribution is 0.660. The average molecular weight is 844 g/mol. The number of benzene rings is 10. The molecule has 1 aromatic heterocycles. The molecule has 13 rings (SSSR count). The predicted molar refractivity (Wildman–Crippen MR) is 278 cm³/mol. The SMILES string of the molecule is CC1(C)c2cccc3c2-c2c(cccc21)-n1c2cc(-c4ccc(N(c5ccccc5)c5cccc(N(c6ccccc6)c6cccc(-c7ccccc7)c6)c5)cc4)ccc2c2cccc-3c21. The van der Waals surface area contributed by atoms with Crippen LogP contribution < -0.4 is 9.80 Å². The molecule has 1 aliphatic heterocycles. The number of fused-ring (bicyclic) bond motifs is 5. The molecule has 0 saturated heterocycles. The van der Waals surface area contributed by atoms with Crippen molar-refractivity contribution in [1.29, 1.82) is 0 Å². The van der Waals surface area contributed by atoms with Crippen molar-refractivity contribution in [1.82, 2.24) is 4.57 Å². The third-order valence-corrected chi connectivity index (χ3v) is 14.1. The summed E-state index contributed by atoms with van der Waals surface area (Å²) in [6.45, 7) is 4.76. The molecule has 0 N–H and O–H groups in total. The van der Waals surface area contributed by atoms with Crippen molar-refractivity contribution in [3.63, 3.8) is 0 Å². The molecule has 66 heavy (non-hydrogen) atoms. The van der Waals surface area contributed by atoms with Gasteiger partial charge in [0.25, 0.3) is 0 Å². The molecule has 3 nitrogen and oxygen atoms in total. The fourth-order valence-corrected chi connectivity index (χ4v) is 11.0. The molecule has 0 saturated carbocycles. The third kappa shape index (κ3) is 5.83. The summed E-state index contributed by atoms with van der Waals surface area (Å²) in [6.07, 6.45) is 0. The van der Waals surface area contributed by atoms with Gasteiger partial charge in [0.2, 0.25) is 0 Å². The highest BCUT2D eigenvalue weighted by Crippen LogP contribution is 2.57. The van der Waals surface area contributed by atoms with Crippen LogP contribution in [0.2, 0.25) is 0 Å². The quantitative estimate of drug-likeness (QED) is 0.151. The van der Waals surface area contributed by atoms with Crippen LogP contribution in [0.3, 0.4) is 0 Å². The van der Waals surface area contributed by atoms with E-state index >= 15 is 0 Å². The largest absolute Gasteiger partial charge is 0.310 e. The van der Waals surface area contributed by atoms with E-state index in [1.165, 1.54) is 83.1 Å². The van der Waals surface area contributed by atoms with E-state index in [9.17, 15) is 0 Å². The molecule has 1 aliphatic carbocycles. The minimum Gasteiger partial charge on any atom is -0.310 e. The lowest BCUT2D eigenvalue weighted by Gasteiger charge is -2.29. The molecule has 0 unspecified atom stereocenters. The summed E-state index contributed by atoms with van der Waals surface area (Å²) in [6, 6.07) is 86.5. The predicted octanol–water partition coefficient (Wildman–Crippen LogP) is 17.3. The number of aromatic nitrogens is 1. The smallest absolute Gasteiger partial charge is 0.0619 e. The highest BCUT2D eigenvalue weighted by Gasteiger charge is 2.40. The molecule has 0 fully saturated rings. The van der Waals surface area contributed by atoms with Gasteiger partial charge in [0.1, 0.15) is 0 Å². The molecule has 0 bridgehead atoms. The molecule has 2 heterocycles. The topological polar surface area (TPSA) is 11.4 Å². The van der Waals surface area contributed by atoms with E-state index in [1.54, 1.807) is 0 Å². The fraction of sp³-hybridized carbons (Fsp3) is 0.0476. The van der Waals surface area contributed by atoms with Crippen LogP contribution in [0, 0.1) is 0 Å². The van der Waals surface area contributed by atoms with Crippen LogP contribution in [0.15, 0.2) is 237 Å². The maximum absolute atomic E-state index is 2.56. The summed E-state index contributed by atoms with van der Waals surface area (Å²) >= 11 is 0. The van der Waals surface area contributed by atoms with Gasteiger partial charge in [-0.3, -0.25) is 0 Å². The van der Waals surface area contributed by atoms with E-state index in [0.717, 1.165) is 34.1 Å². The van der Waals surface area contributed by atoms with Crippen LogP contribution in [-0.2, 0) is 5.41 Å². The molecule has 0 spiro atoms. The Bertz CT molecular complexity index is 3660. The highest BCUT2D eigenvalue weighted by atomic mass is 15.2. The summed E-state index contributed by atoms with van der Waals surface area (Å²) in [7, 11) is 0. The van der Waals surface area contributed by atoms with Crippen LogP contribution >= 0.6 is 0 Å². The van der Waals surface area contributed by atoms with E-state index in [2.05, 4.69) is 265 Å². The van der Waals surface area contributed by atoms with Crippen molar-refractivity contribution in [2.45, 2.75) is 19.3 Å². The molecule has 0 amide bonds. The molecule has 2 aliphatic rings. The summed E-state index contributed by atoms with van der Waals surface area (Å²) < 4.78 is 2.56. The maximum Gasteiger partial charge on any atom is 0.0619 e. The van der Waals surface area contributed by atoms with Crippen molar-refractivity contribution >= 4 is 55.9 Å². The first-order valence-electron chi connectivity index (χ1n) is 22.9. The third-order valence-electron chi connectivity index (χ3n) is 14.1. The second-order valence-corrected chi connectivity index (χ2v) is 18.1. The maximum atomic E-state index is 2.56. The minimum atomic E-state index is -0.0807.